The molecule has 0 aliphatic heterocycles. The minimum absolute atomic E-state index is 0.241. The topological polar surface area (TPSA) is 24.9 Å². The smallest absolute Gasteiger partial charge is 0.312 e. The molecule has 0 amide bonds. The lowest BCUT2D eigenvalue weighted by Crippen LogP contribution is -2.20. The van der Waals surface area contributed by atoms with Gasteiger partial charge in [-0.2, -0.15) is 13.2 Å². The van der Waals surface area contributed by atoms with E-state index < -0.39 is 11.9 Å². The van der Waals surface area contributed by atoms with Crippen LogP contribution in [0.3, 0.4) is 0 Å². The van der Waals surface area contributed by atoms with E-state index in [0.717, 1.165) is 6.42 Å². The number of nitrogens with zero attached hydrogens (tertiary/aromatic N) is 1. The highest BCUT2D eigenvalue weighted by atomic mass is 32.1. The van der Waals surface area contributed by atoms with Gasteiger partial charge in [-0.3, -0.25) is 0 Å². The molecular formula is C13H19F3N2S. The normalized spacial score (nSPS) is 23.1. The Morgan fingerprint density at radius 3 is 2.53 bits per heavy atom. The van der Waals surface area contributed by atoms with Gasteiger partial charge in [-0.1, -0.05) is 20.8 Å². The third kappa shape index (κ3) is 3.69. The fraction of sp³-hybridized carbons (Fsp3) is 0.769. The van der Waals surface area contributed by atoms with Crippen LogP contribution >= 0.6 is 11.3 Å². The van der Waals surface area contributed by atoms with Crippen LogP contribution in [0.15, 0.2) is 0 Å². The maximum absolute atomic E-state index is 12.9. The van der Waals surface area contributed by atoms with Crippen LogP contribution in [0.4, 0.5) is 13.2 Å². The molecule has 2 unspecified atom stereocenters. The second-order valence-corrected chi connectivity index (χ2v) is 6.78. The van der Waals surface area contributed by atoms with Crippen LogP contribution in [0, 0.1) is 11.8 Å². The van der Waals surface area contributed by atoms with Crippen LogP contribution in [0.1, 0.15) is 48.7 Å². The minimum Gasteiger partial charge on any atom is -0.312 e. The van der Waals surface area contributed by atoms with Gasteiger partial charge in [0.2, 0.25) is 0 Å². The molecule has 2 nitrogen and oxygen atoms in total. The molecule has 0 radical (unpaired) electrons. The van der Waals surface area contributed by atoms with E-state index in [1.807, 2.05) is 13.8 Å². The quantitative estimate of drug-likeness (QED) is 0.886. The average molecular weight is 292 g/mol. The first-order valence-electron chi connectivity index (χ1n) is 6.56. The van der Waals surface area contributed by atoms with Crippen molar-refractivity contribution >= 4 is 11.3 Å². The third-order valence-electron chi connectivity index (χ3n) is 3.25. The summed E-state index contributed by atoms with van der Waals surface area (Å²) >= 11 is 1.22. The Morgan fingerprint density at radius 1 is 1.42 bits per heavy atom. The maximum Gasteiger partial charge on any atom is 0.434 e. The third-order valence-corrected chi connectivity index (χ3v) is 4.43. The van der Waals surface area contributed by atoms with Gasteiger partial charge < -0.3 is 5.32 Å². The molecule has 2 atom stereocenters. The molecule has 0 bridgehead atoms. The number of nitrogens with one attached hydrogen (secondary N) is 1. The van der Waals surface area contributed by atoms with Crippen molar-refractivity contribution in [2.24, 2.45) is 11.8 Å². The Balaban J connectivity index is 2.12. The molecule has 1 N–H and O–H groups in total. The SMILES string of the molecule is CC(C)CNCc1sc(C2CC2C)nc1C(F)(F)F. The van der Waals surface area contributed by atoms with Crippen molar-refractivity contribution in [3.63, 3.8) is 0 Å². The number of alkyl halides is 3. The standard InChI is InChI=1S/C13H19F3N2S/c1-7(2)5-17-6-10-11(13(14,15)16)18-12(19-10)9-4-8(9)3/h7-9,17H,4-6H2,1-3H3. The van der Waals surface area contributed by atoms with E-state index in [1.165, 1.54) is 11.3 Å². The van der Waals surface area contributed by atoms with Crippen molar-refractivity contribution in [1.29, 1.82) is 0 Å². The van der Waals surface area contributed by atoms with Crippen LogP contribution in [-0.4, -0.2) is 11.5 Å². The molecule has 1 aromatic heterocycles. The van der Waals surface area contributed by atoms with E-state index in [1.54, 1.807) is 0 Å². The molecule has 0 saturated heterocycles. The molecule has 1 fully saturated rings. The van der Waals surface area contributed by atoms with Crippen molar-refractivity contribution in [2.45, 2.75) is 45.8 Å². The Labute approximate surface area is 115 Å². The van der Waals surface area contributed by atoms with Gasteiger partial charge in [-0.05, 0) is 24.8 Å². The summed E-state index contributed by atoms with van der Waals surface area (Å²) in [6.07, 6.45) is -3.38. The number of rotatable bonds is 5. The number of hydrogen-bond donors (Lipinski definition) is 1. The highest BCUT2D eigenvalue weighted by Crippen LogP contribution is 2.49. The van der Waals surface area contributed by atoms with Gasteiger partial charge in [-0.15, -0.1) is 11.3 Å². The van der Waals surface area contributed by atoms with E-state index in [2.05, 4.69) is 17.2 Å². The molecular weight excluding hydrogens is 273 g/mol. The zero-order valence-corrected chi connectivity index (χ0v) is 12.2. The molecule has 1 aliphatic carbocycles. The predicted octanol–water partition coefficient (Wildman–Crippen LogP) is 4.03. The maximum atomic E-state index is 12.9. The number of halogens is 3. The lowest BCUT2D eigenvalue weighted by atomic mass is 10.2. The summed E-state index contributed by atoms with van der Waals surface area (Å²) in [5, 5.41) is 3.72. The lowest BCUT2D eigenvalue weighted by molar-refractivity contribution is -0.141. The molecule has 2 rings (SSSR count). The molecule has 1 aliphatic rings. The molecule has 1 heterocycles. The van der Waals surface area contributed by atoms with Crippen molar-refractivity contribution in [1.82, 2.24) is 10.3 Å². The first-order chi connectivity index (χ1) is 8.79. The van der Waals surface area contributed by atoms with Gasteiger partial charge >= 0.3 is 6.18 Å². The summed E-state index contributed by atoms with van der Waals surface area (Å²) in [4.78, 5) is 4.17. The van der Waals surface area contributed by atoms with Gasteiger partial charge in [0.05, 0.1) is 9.88 Å². The molecule has 0 aromatic carbocycles. The van der Waals surface area contributed by atoms with Crippen LogP contribution in [-0.2, 0) is 12.7 Å². The minimum atomic E-state index is -4.35. The van der Waals surface area contributed by atoms with Crippen molar-refractivity contribution in [3.8, 4) is 0 Å². The first-order valence-corrected chi connectivity index (χ1v) is 7.38. The fourth-order valence-corrected chi connectivity index (χ4v) is 3.31. The van der Waals surface area contributed by atoms with Gasteiger partial charge in [0.25, 0.3) is 0 Å². The summed E-state index contributed by atoms with van der Waals surface area (Å²) in [6.45, 7) is 7.08. The number of thiazole rings is 1. The van der Waals surface area contributed by atoms with Gasteiger partial charge in [0.15, 0.2) is 5.69 Å². The Hall–Kier alpha value is -0.620. The van der Waals surface area contributed by atoms with Crippen molar-refractivity contribution < 1.29 is 13.2 Å². The van der Waals surface area contributed by atoms with E-state index in [9.17, 15) is 13.2 Å². The Kier molecular flexibility index (Phi) is 4.20. The molecule has 1 saturated carbocycles. The van der Waals surface area contributed by atoms with Crippen molar-refractivity contribution in [3.05, 3.63) is 15.6 Å². The van der Waals surface area contributed by atoms with Crippen LogP contribution in [0.25, 0.3) is 0 Å². The van der Waals surface area contributed by atoms with Crippen LogP contribution in [0.2, 0.25) is 0 Å². The molecule has 19 heavy (non-hydrogen) atoms. The Morgan fingerprint density at radius 2 is 2.05 bits per heavy atom. The summed E-state index contributed by atoms with van der Waals surface area (Å²) in [7, 11) is 0. The lowest BCUT2D eigenvalue weighted by Gasteiger charge is -2.08. The first kappa shape index (κ1) is 14.8. The summed E-state index contributed by atoms with van der Waals surface area (Å²) in [5.74, 6) is 1.14. The van der Waals surface area contributed by atoms with E-state index in [0.29, 0.717) is 28.3 Å². The number of hydrogen-bond acceptors (Lipinski definition) is 3. The highest BCUT2D eigenvalue weighted by molar-refractivity contribution is 7.11. The van der Waals surface area contributed by atoms with Crippen molar-refractivity contribution in [2.75, 3.05) is 6.54 Å². The zero-order valence-electron chi connectivity index (χ0n) is 11.3. The van der Waals surface area contributed by atoms with Crippen LogP contribution in [0.5, 0.6) is 0 Å². The van der Waals surface area contributed by atoms with E-state index in [4.69, 9.17) is 0 Å². The van der Waals surface area contributed by atoms with E-state index in [-0.39, 0.29) is 12.5 Å². The predicted molar refractivity (Wildman–Crippen MR) is 70.2 cm³/mol. The molecule has 6 heteroatoms. The van der Waals surface area contributed by atoms with Gasteiger partial charge in [0.1, 0.15) is 0 Å². The fourth-order valence-electron chi connectivity index (χ4n) is 2.01. The monoisotopic (exact) mass is 292 g/mol. The summed E-state index contributed by atoms with van der Waals surface area (Å²) in [6, 6.07) is 0. The largest absolute Gasteiger partial charge is 0.434 e. The highest BCUT2D eigenvalue weighted by Gasteiger charge is 2.42. The summed E-state index contributed by atoms with van der Waals surface area (Å²) < 4.78 is 38.8. The van der Waals surface area contributed by atoms with Crippen LogP contribution < -0.4 is 5.32 Å². The average Bonchev–Trinajstić information content (AvgIpc) is 2.84. The van der Waals surface area contributed by atoms with Gasteiger partial charge in [-0.25, -0.2) is 4.98 Å². The number of aromatic nitrogens is 1. The second kappa shape index (κ2) is 5.40. The molecule has 1 aromatic rings. The molecule has 0 spiro atoms. The Bertz CT molecular complexity index is 440. The zero-order chi connectivity index (χ0) is 14.2. The second-order valence-electron chi connectivity index (χ2n) is 5.67. The van der Waals surface area contributed by atoms with E-state index >= 15 is 0 Å². The van der Waals surface area contributed by atoms with Gasteiger partial charge in [0, 0.05) is 12.5 Å². The molecule has 108 valence electrons. The summed E-state index contributed by atoms with van der Waals surface area (Å²) in [5.41, 5.74) is -0.692.